The van der Waals surface area contributed by atoms with Gasteiger partial charge < -0.3 is 34.1 Å². The number of amides is 2. The first-order valence-corrected chi connectivity index (χ1v) is 16.9. The number of piperidine rings is 1. The van der Waals surface area contributed by atoms with Crippen LogP contribution >= 0.6 is 0 Å². The number of aryl methyl sites for hydroxylation is 3. The lowest BCUT2D eigenvalue weighted by molar-refractivity contribution is 0.0227. The first kappa shape index (κ1) is 32.7. The van der Waals surface area contributed by atoms with Gasteiger partial charge >= 0.3 is 0 Å². The van der Waals surface area contributed by atoms with E-state index < -0.39 is 0 Å². The van der Waals surface area contributed by atoms with E-state index >= 15 is 0 Å². The Kier molecular flexibility index (Phi) is 8.80. The number of imidazole rings is 1. The van der Waals surface area contributed by atoms with Crippen LogP contribution in [0.1, 0.15) is 70.9 Å². The second-order valence-electron chi connectivity index (χ2n) is 13.1. The smallest absolute Gasteiger partial charge is 0.274 e. The summed E-state index contributed by atoms with van der Waals surface area (Å²) in [7, 11) is 7.02. The second-order valence-corrected chi connectivity index (χ2v) is 13.1. The van der Waals surface area contributed by atoms with E-state index in [-0.39, 0.29) is 30.0 Å². The fourth-order valence-electron chi connectivity index (χ4n) is 7.23. The zero-order chi connectivity index (χ0) is 34.4. The van der Waals surface area contributed by atoms with Gasteiger partial charge in [0.15, 0.2) is 5.82 Å². The van der Waals surface area contributed by atoms with Crippen molar-refractivity contribution in [3.8, 4) is 17.3 Å². The van der Waals surface area contributed by atoms with Crippen LogP contribution in [0.4, 0.5) is 0 Å². The van der Waals surface area contributed by atoms with Gasteiger partial charge in [-0.3, -0.25) is 14.6 Å². The lowest BCUT2D eigenvalue weighted by Crippen LogP contribution is -2.53. The molecule has 256 valence electrons. The molecule has 7 rings (SSSR count). The number of rotatable bonds is 4. The molecule has 5 aromatic rings. The highest BCUT2D eigenvalue weighted by Crippen LogP contribution is 2.35. The molecule has 4 aromatic heterocycles. The summed E-state index contributed by atoms with van der Waals surface area (Å²) in [5.41, 5.74) is 11.9. The number of carbonyl (C=O) groups excluding carboxylic acids is 2. The monoisotopic (exact) mass is 665 g/mol. The summed E-state index contributed by atoms with van der Waals surface area (Å²) >= 11 is 0. The third kappa shape index (κ3) is 5.80. The molecule has 0 spiro atoms. The summed E-state index contributed by atoms with van der Waals surface area (Å²) < 4.78 is 15.6. The summed E-state index contributed by atoms with van der Waals surface area (Å²) in [5, 5.41) is 0.980. The van der Waals surface area contributed by atoms with E-state index in [0.717, 1.165) is 65.3 Å². The Morgan fingerprint density at radius 3 is 2.59 bits per heavy atom. The standard InChI is InChI=1S/C36H43N9O4/c1-21-25-11-10-22-18-28(45(33(22)40-25)15-8-6-7-9-26-31(36(47)42(21)2)39-14-13-38-26)34-41-27-17-23(19-30(49-5)32(27)43(34)3)35(46)44-16-12-29(48-4)24(37)20-44/h10-11,13-14,17-19,21,24,29H,6-9,12,15-16,20,37H2,1-5H3/t21-,24+,29-/m1/s1. The number of nitrogens with two attached hydrogens (primary N) is 1. The minimum Gasteiger partial charge on any atom is -0.494 e. The van der Waals surface area contributed by atoms with Crippen molar-refractivity contribution in [3.63, 3.8) is 0 Å². The molecule has 13 heteroatoms. The Labute approximate surface area is 285 Å². The molecule has 1 aromatic carbocycles. The molecule has 2 amide bonds. The highest BCUT2D eigenvalue weighted by molar-refractivity contribution is 6.00. The summed E-state index contributed by atoms with van der Waals surface area (Å²) in [6.07, 6.45) is 7.23. The first-order chi connectivity index (χ1) is 23.7. The van der Waals surface area contributed by atoms with Crippen LogP contribution < -0.4 is 10.5 Å². The quantitative estimate of drug-likeness (QED) is 0.299. The highest BCUT2D eigenvalue weighted by Gasteiger charge is 2.31. The SMILES string of the molecule is COc1cc(C(=O)N2CC[C@@H](OC)[C@@H](N)C2)cc2nc(-c3cc4ccc5nc4n3CCCCCc3nccnc3C(=O)N(C)[C@@H]5C)n(C)c12. The molecule has 0 unspecified atom stereocenters. The van der Waals surface area contributed by atoms with Crippen molar-refractivity contribution in [1.29, 1.82) is 0 Å². The zero-order valence-corrected chi connectivity index (χ0v) is 28.7. The molecule has 2 aliphatic heterocycles. The third-order valence-electron chi connectivity index (χ3n) is 10.2. The zero-order valence-electron chi connectivity index (χ0n) is 28.7. The molecule has 13 nitrogen and oxygen atoms in total. The van der Waals surface area contributed by atoms with Crippen molar-refractivity contribution in [2.24, 2.45) is 12.8 Å². The molecule has 0 aliphatic carbocycles. The van der Waals surface area contributed by atoms with Crippen LogP contribution in [0.3, 0.4) is 0 Å². The van der Waals surface area contributed by atoms with Crippen molar-refractivity contribution in [3.05, 3.63) is 65.4 Å². The van der Waals surface area contributed by atoms with E-state index in [4.69, 9.17) is 25.2 Å². The van der Waals surface area contributed by atoms with E-state index in [1.165, 1.54) is 0 Å². The molecule has 0 radical (unpaired) electrons. The van der Waals surface area contributed by atoms with E-state index in [9.17, 15) is 9.59 Å². The number of ether oxygens (including phenoxy) is 2. The fraction of sp³-hybridized carbons (Fsp3) is 0.444. The molecule has 2 bridgehead atoms. The third-order valence-corrected chi connectivity index (χ3v) is 10.2. The number of pyridine rings is 1. The Balaban J connectivity index is 1.29. The maximum Gasteiger partial charge on any atom is 0.274 e. The number of fused-ring (bicyclic) bond motifs is 3. The average Bonchev–Trinajstić information content (AvgIpc) is 3.65. The maximum absolute atomic E-state index is 13.7. The maximum atomic E-state index is 13.7. The van der Waals surface area contributed by atoms with E-state index in [2.05, 4.69) is 26.7 Å². The number of methoxy groups -OCH3 is 2. The Hall–Kier alpha value is -4.88. The number of hydrogen-bond donors (Lipinski definition) is 1. The van der Waals surface area contributed by atoms with Crippen molar-refractivity contribution in [2.75, 3.05) is 34.4 Å². The van der Waals surface area contributed by atoms with Crippen molar-refractivity contribution >= 4 is 33.9 Å². The lowest BCUT2D eigenvalue weighted by atomic mass is 10.0. The summed E-state index contributed by atoms with van der Waals surface area (Å²) in [6.45, 7) is 3.69. The molecule has 1 saturated heterocycles. The number of benzene rings is 1. The van der Waals surface area contributed by atoms with Gasteiger partial charge in [-0.1, -0.05) is 6.42 Å². The van der Waals surface area contributed by atoms with Crippen LogP contribution in [0.25, 0.3) is 33.6 Å². The van der Waals surface area contributed by atoms with Gasteiger partial charge in [0.1, 0.15) is 22.6 Å². The number of aromatic nitrogens is 6. The minimum atomic E-state index is -0.299. The molecular formula is C36H43N9O4. The Morgan fingerprint density at radius 2 is 1.82 bits per heavy atom. The molecule has 49 heavy (non-hydrogen) atoms. The fourth-order valence-corrected chi connectivity index (χ4v) is 7.23. The molecule has 3 atom stereocenters. The van der Waals surface area contributed by atoms with E-state index in [1.807, 2.05) is 30.7 Å². The van der Waals surface area contributed by atoms with E-state index in [1.54, 1.807) is 49.5 Å². The largest absolute Gasteiger partial charge is 0.494 e. The molecule has 2 N–H and O–H groups in total. The summed E-state index contributed by atoms with van der Waals surface area (Å²) in [4.78, 5) is 49.9. The van der Waals surface area contributed by atoms with Gasteiger partial charge in [-0.2, -0.15) is 0 Å². The van der Waals surface area contributed by atoms with Crippen LogP contribution in [0.15, 0.2) is 42.7 Å². The Morgan fingerprint density at radius 1 is 1.00 bits per heavy atom. The van der Waals surface area contributed by atoms with Crippen molar-refractivity contribution in [1.82, 2.24) is 38.9 Å². The van der Waals surface area contributed by atoms with E-state index in [0.29, 0.717) is 48.5 Å². The molecule has 6 heterocycles. The van der Waals surface area contributed by atoms with Crippen LogP contribution in [0.2, 0.25) is 0 Å². The normalized spacial score (nSPS) is 20.5. The van der Waals surface area contributed by atoms with Gasteiger partial charge in [-0.05, 0) is 62.9 Å². The summed E-state index contributed by atoms with van der Waals surface area (Å²) in [5.74, 6) is 1.04. The van der Waals surface area contributed by atoms with Gasteiger partial charge in [0, 0.05) is 70.2 Å². The predicted molar refractivity (Wildman–Crippen MR) is 185 cm³/mol. The van der Waals surface area contributed by atoms with Gasteiger partial charge in [0.2, 0.25) is 0 Å². The van der Waals surface area contributed by atoms with Crippen molar-refractivity contribution < 1.29 is 19.1 Å². The number of hydrogen-bond acceptors (Lipinski definition) is 9. The van der Waals surface area contributed by atoms with Crippen LogP contribution in [-0.2, 0) is 24.8 Å². The minimum absolute atomic E-state index is 0.0637. The predicted octanol–water partition coefficient (Wildman–Crippen LogP) is 4.14. The number of nitrogens with zero attached hydrogens (tertiary/aromatic N) is 8. The summed E-state index contributed by atoms with van der Waals surface area (Å²) in [6, 6.07) is 9.24. The molecule has 2 aliphatic rings. The van der Waals surface area contributed by atoms with Crippen LogP contribution in [0, 0.1) is 0 Å². The van der Waals surface area contributed by atoms with Crippen LogP contribution in [0.5, 0.6) is 5.75 Å². The number of carbonyl (C=O) groups is 2. The number of likely N-dealkylation sites (tertiary alicyclic amines) is 1. The molecule has 1 fully saturated rings. The van der Waals surface area contributed by atoms with Gasteiger partial charge in [0.25, 0.3) is 11.8 Å². The Bertz CT molecular complexity index is 2050. The van der Waals surface area contributed by atoms with Crippen LogP contribution in [-0.4, -0.2) is 97.2 Å². The first-order valence-electron chi connectivity index (χ1n) is 16.9. The molecular weight excluding hydrogens is 622 g/mol. The van der Waals surface area contributed by atoms with Gasteiger partial charge in [0.05, 0.1) is 41.9 Å². The van der Waals surface area contributed by atoms with Crippen molar-refractivity contribution in [2.45, 2.75) is 63.8 Å². The van der Waals surface area contributed by atoms with Gasteiger partial charge in [-0.25, -0.2) is 15.0 Å². The topological polar surface area (TPSA) is 147 Å². The second kappa shape index (κ2) is 13.2. The van der Waals surface area contributed by atoms with Gasteiger partial charge in [-0.15, -0.1) is 0 Å². The molecule has 0 saturated carbocycles. The highest BCUT2D eigenvalue weighted by atomic mass is 16.5. The lowest BCUT2D eigenvalue weighted by Gasteiger charge is -2.36. The average molecular weight is 666 g/mol.